The lowest BCUT2D eigenvalue weighted by atomic mass is 9.63. The summed E-state index contributed by atoms with van der Waals surface area (Å²) in [6.07, 6.45) is 4.25. The molecular formula is C15H30N2. The van der Waals surface area contributed by atoms with Gasteiger partial charge in [0.15, 0.2) is 0 Å². The fraction of sp³-hybridized carbons (Fsp3) is 1.00. The summed E-state index contributed by atoms with van der Waals surface area (Å²) in [7, 11) is 0. The highest BCUT2D eigenvalue weighted by molar-refractivity contribution is 5.01. The fourth-order valence-electron chi connectivity index (χ4n) is 3.82. The summed E-state index contributed by atoms with van der Waals surface area (Å²) < 4.78 is 0. The maximum absolute atomic E-state index is 3.74. The van der Waals surface area contributed by atoms with Gasteiger partial charge in [0.25, 0.3) is 0 Å². The standard InChI is InChI=1S/C15H30N2/c1-11(2)16-14-6-7-15(8-13(14)5)9-17(10-15)12(3)4/h11-14,16H,6-10H2,1-5H3/t13-,14-/m0/s1. The van der Waals surface area contributed by atoms with E-state index in [1.165, 1.54) is 32.4 Å². The van der Waals surface area contributed by atoms with Gasteiger partial charge in [-0.1, -0.05) is 20.8 Å². The molecule has 2 aliphatic rings. The molecule has 0 aromatic rings. The summed E-state index contributed by atoms with van der Waals surface area (Å²) in [5, 5.41) is 3.74. The van der Waals surface area contributed by atoms with Gasteiger partial charge < -0.3 is 5.32 Å². The van der Waals surface area contributed by atoms with Gasteiger partial charge in [-0.05, 0) is 44.4 Å². The Labute approximate surface area is 107 Å². The molecule has 1 saturated carbocycles. The van der Waals surface area contributed by atoms with Crippen LogP contribution in [0.2, 0.25) is 0 Å². The second kappa shape index (κ2) is 4.89. The molecule has 0 amide bonds. The van der Waals surface area contributed by atoms with E-state index in [0.717, 1.165) is 18.0 Å². The lowest BCUT2D eigenvalue weighted by Gasteiger charge is -2.57. The molecule has 1 N–H and O–H groups in total. The second-order valence-electron chi connectivity index (χ2n) is 7.15. The molecule has 1 aliphatic heterocycles. The van der Waals surface area contributed by atoms with Crippen molar-refractivity contribution in [3.63, 3.8) is 0 Å². The second-order valence-corrected chi connectivity index (χ2v) is 7.15. The summed E-state index contributed by atoms with van der Waals surface area (Å²) in [6.45, 7) is 14.3. The Balaban J connectivity index is 1.84. The lowest BCUT2D eigenvalue weighted by Crippen LogP contribution is -2.62. The van der Waals surface area contributed by atoms with Gasteiger partial charge in [-0.15, -0.1) is 0 Å². The molecule has 2 fully saturated rings. The largest absolute Gasteiger partial charge is 0.312 e. The van der Waals surface area contributed by atoms with Gasteiger partial charge in [0.05, 0.1) is 0 Å². The number of nitrogens with zero attached hydrogens (tertiary/aromatic N) is 1. The Bertz CT molecular complexity index is 254. The molecule has 0 radical (unpaired) electrons. The van der Waals surface area contributed by atoms with Gasteiger partial charge >= 0.3 is 0 Å². The molecule has 2 rings (SSSR count). The number of rotatable bonds is 3. The third-order valence-corrected chi connectivity index (χ3v) is 4.78. The monoisotopic (exact) mass is 238 g/mol. The summed E-state index contributed by atoms with van der Waals surface area (Å²) in [6, 6.07) is 2.13. The van der Waals surface area contributed by atoms with E-state index < -0.39 is 0 Å². The molecule has 2 atom stereocenters. The molecular weight excluding hydrogens is 208 g/mol. The topological polar surface area (TPSA) is 15.3 Å². The van der Waals surface area contributed by atoms with Crippen LogP contribution >= 0.6 is 0 Å². The Hall–Kier alpha value is -0.0800. The first-order chi connectivity index (χ1) is 7.92. The maximum atomic E-state index is 3.74. The third kappa shape index (κ3) is 2.85. The van der Waals surface area contributed by atoms with Crippen LogP contribution in [-0.2, 0) is 0 Å². The van der Waals surface area contributed by atoms with E-state index in [0.29, 0.717) is 11.5 Å². The number of hydrogen-bond donors (Lipinski definition) is 1. The Morgan fingerprint density at radius 2 is 1.82 bits per heavy atom. The van der Waals surface area contributed by atoms with Crippen molar-refractivity contribution in [1.29, 1.82) is 0 Å². The predicted molar refractivity (Wildman–Crippen MR) is 74.2 cm³/mol. The van der Waals surface area contributed by atoms with Crippen molar-refractivity contribution >= 4 is 0 Å². The van der Waals surface area contributed by atoms with Gasteiger partial charge in [-0.3, -0.25) is 4.90 Å². The molecule has 17 heavy (non-hydrogen) atoms. The van der Waals surface area contributed by atoms with Crippen molar-refractivity contribution in [3.05, 3.63) is 0 Å². The van der Waals surface area contributed by atoms with E-state index in [9.17, 15) is 0 Å². The van der Waals surface area contributed by atoms with Gasteiger partial charge in [-0.25, -0.2) is 0 Å². The number of likely N-dealkylation sites (tertiary alicyclic amines) is 1. The first kappa shape index (κ1) is 13.4. The average Bonchev–Trinajstić information content (AvgIpc) is 2.16. The minimum absolute atomic E-state index is 0.630. The highest BCUT2D eigenvalue weighted by Crippen LogP contribution is 2.46. The molecule has 0 unspecified atom stereocenters. The third-order valence-electron chi connectivity index (χ3n) is 4.78. The van der Waals surface area contributed by atoms with Crippen molar-refractivity contribution in [2.45, 2.75) is 72.0 Å². The Morgan fingerprint density at radius 1 is 1.18 bits per heavy atom. The van der Waals surface area contributed by atoms with Crippen LogP contribution in [0.5, 0.6) is 0 Å². The minimum Gasteiger partial charge on any atom is -0.312 e. The molecule has 1 saturated heterocycles. The molecule has 1 spiro atoms. The summed E-state index contributed by atoms with van der Waals surface area (Å²) in [5.74, 6) is 0.848. The van der Waals surface area contributed by atoms with Crippen LogP contribution < -0.4 is 5.32 Å². The highest BCUT2D eigenvalue weighted by Gasteiger charge is 2.47. The first-order valence-corrected chi connectivity index (χ1v) is 7.42. The number of nitrogens with one attached hydrogen (secondary N) is 1. The van der Waals surface area contributed by atoms with E-state index in [1.54, 1.807) is 0 Å². The maximum Gasteiger partial charge on any atom is 0.00954 e. The smallest absolute Gasteiger partial charge is 0.00954 e. The summed E-state index contributed by atoms with van der Waals surface area (Å²) in [5.41, 5.74) is 0.679. The Morgan fingerprint density at radius 3 is 2.29 bits per heavy atom. The van der Waals surface area contributed by atoms with Crippen LogP contribution in [0.15, 0.2) is 0 Å². The van der Waals surface area contributed by atoms with Crippen molar-refractivity contribution in [3.8, 4) is 0 Å². The van der Waals surface area contributed by atoms with Crippen LogP contribution in [0.4, 0.5) is 0 Å². The summed E-state index contributed by atoms with van der Waals surface area (Å²) >= 11 is 0. The zero-order valence-electron chi connectivity index (χ0n) is 12.3. The van der Waals surface area contributed by atoms with Crippen LogP contribution in [0.25, 0.3) is 0 Å². The van der Waals surface area contributed by atoms with Crippen molar-refractivity contribution in [2.24, 2.45) is 11.3 Å². The average molecular weight is 238 g/mol. The normalized spacial score (nSPS) is 33.4. The van der Waals surface area contributed by atoms with Crippen molar-refractivity contribution in [2.75, 3.05) is 13.1 Å². The van der Waals surface area contributed by atoms with Gasteiger partial charge in [-0.2, -0.15) is 0 Å². The molecule has 0 aromatic heterocycles. The number of hydrogen-bond acceptors (Lipinski definition) is 2. The molecule has 0 bridgehead atoms. The van der Waals surface area contributed by atoms with E-state index in [2.05, 4.69) is 44.8 Å². The molecule has 1 heterocycles. The summed E-state index contributed by atoms with van der Waals surface area (Å²) in [4.78, 5) is 2.63. The van der Waals surface area contributed by atoms with Crippen LogP contribution in [0.1, 0.15) is 53.9 Å². The lowest BCUT2D eigenvalue weighted by molar-refractivity contribution is -0.0654. The van der Waals surface area contributed by atoms with Gasteiger partial charge in [0, 0.05) is 31.2 Å². The Kier molecular flexibility index (Phi) is 3.84. The minimum atomic E-state index is 0.630. The van der Waals surface area contributed by atoms with E-state index in [-0.39, 0.29) is 0 Å². The van der Waals surface area contributed by atoms with E-state index in [1.807, 2.05) is 0 Å². The quantitative estimate of drug-likeness (QED) is 0.813. The molecule has 2 heteroatoms. The van der Waals surface area contributed by atoms with Crippen LogP contribution in [0.3, 0.4) is 0 Å². The van der Waals surface area contributed by atoms with Gasteiger partial charge in [0.1, 0.15) is 0 Å². The predicted octanol–water partition coefficient (Wildman–Crippen LogP) is 2.88. The van der Waals surface area contributed by atoms with E-state index >= 15 is 0 Å². The van der Waals surface area contributed by atoms with Crippen LogP contribution in [-0.4, -0.2) is 36.1 Å². The zero-order valence-corrected chi connectivity index (χ0v) is 12.3. The zero-order chi connectivity index (χ0) is 12.6. The highest BCUT2D eigenvalue weighted by atomic mass is 15.2. The SMILES string of the molecule is CC(C)N[C@H]1CCC2(C[C@@H]1C)CN(C(C)C)C2. The molecule has 2 nitrogen and oxygen atoms in total. The van der Waals surface area contributed by atoms with Crippen LogP contribution in [0, 0.1) is 11.3 Å². The molecule has 100 valence electrons. The molecule has 0 aromatic carbocycles. The first-order valence-electron chi connectivity index (χ1n) is 7.42. The van der Waals surface area contributed by atoms with Crippen molar-refractivity contribution in [1.82, 2.24) is 10.2 Å². The van der Waals surface area contributed by atoms with E-state index in [4.69, 9.17) is 0 Å². The van der Waals surface area contributed by atoms with Gasteiger partial charge in [0.2, 0.25) is 0 Å². The molecule has 1 aliphatic carbocycles. The fourth-order valence-corrected chi connectivity index (χ4v) is 3.82. The van der Waals surface area contributed by atoms with Crippen molar-refractivity contribution < 1.29 is 0 Å².